The first-order valence-corrected chi connectivity index (χ1v) is 6.43. The highest BCUT2D eigenvalue weighted by molar-refractivity contribution is 5.97. The molecule has 3 N–H and O–H groups in total. The zero-order valence-electron chi connectivity index (χ0n) is 11.4. The van der Waals surface area contributed by atoms with E-state index in [9.17, 15) is 9.59 Å². The van der Waals surface area contributed by atoms with Gasteiger partial charge in [0.1, 0.15) is 0 Å². The van der Waals surface area contributed by atoms with Crippen LogP contribution in [0.15, 0.2) is 24.5 Å². The number of carboxylic acid groups (broad SMARTS) is 1. The van der Waals surface area contributed by atoms with Crippen molar-refractivity contribution in [1.82, 2.24) is 15.3 Å². The molecule has 0 fully saturated rings. The van der Waals surface area contributed by atoms with Gasteiger partial charge in [0.25, 0.3) is 5.91 Å². The van der Waals surface area contributed by atoms with Crippen molar-refractivity contribution in [2.45, 2.75) is 26.3 Å². The second kappa shape index (κ2) is 5.73. The van der Waals surface area contributed by atoms with Crippen LogP contribution in [0.4, 0.5) is 0 Å². The number of carbonyl (C=O) groups is 2. The third-order valence-corrected chi connectivity index (χ3v) is 3.20. The summed E-state index contributed by atoms with van der Waals surface area (Å²) in [7, 11) is 0. The van der Waals surface area contributed by atoms with Gasteiger partial charge in [-0.1, -0.05) is 13.8 Å². The van der Waals surface area contributed by atoms with Crippen LogP contribution in [0, 0.1) is 5.92 Å². The first-order valence-electron chi connectivity index (χ1n) is 6.43. The number of rotatable bonds is 5. The predicted molar refractivity (Wildman–Crippen MR) is 74.4 cm³/mol. The van der Waals surface area contributed by atoms with Gasteiger partial charge in [-0.3, -0.25) is 9.59 Å². The van der Waals surface area contributed by atoms with Gasteiger partial charge in [-0.05, 0) is 24.1 Å². The van der Waals surface area contributed by atoms with Gasteiger partial charge in [0, 0.05) is 11.6 Å². The van der Waals surface area contributed by atoms with Crippen molar-refractivity contribution < 1.29 is 14.7 Å². The standard InChI is InChI=1S/C14H17N3O3/c1-8(2)11(6-13(18)19)17-14(20)9-3-4-10-12(5-9)16-7-15-10/h3-5,7-8,11H,6H2,1-2H3,(H,15,16)(H,17,20)(H,18,19). The molecule has 2 rings (SSSR count). The molecule has 20 heavy (non-hydrogen) atoms. The highest BCUT2D eigenvalue weighted by Gasteiger charge is 2.20. The molecule has 0 aliphatic carbocycles. The molecule has 0 bridgehead atoms. The van der Waals surface area contributed by atoms with Crippen molar-refractivity contribution in [3.63, 3.8) is 0 Å². The van der Waals surface area contributed by atoms with Gasteiger partial charge in [0.2, 0.25) is 0 Å². The second-order valence-corrected chi connectivity index (χ2v) is 5.06. The SMILES string of the molecule is CC(C)C(CC(=O)O)NC(=O)c1ccc2nc[nH]c2c1. The van der Waals surface area contributed by atoms with E-state index < -0.39 is 12.0 Å². The van der Waals surface area contributed by atoms with Crippen molar-refractivity contribution in [2.75, 3.05) is 0 Å². The molecule has 0 spiro atoms. The first-order chi connectivity index (χ1) is 9.47. The molecule has 0 saturated carbocycles. The van der Waals surface area contributed by atoms with Crippen LogP contribution in [-0.4, -0.2) is 33.0 Å². The minimum Gasteiger partial charge on any atom is -0.481 e. The lowest BCUT2D eigenvalue weighted by atomic mass is 10.0. The molecule has 1 unspecified atom stereocenters. The number of hydrogen-bond donors (Lipinski definition) is 3. The van der Waals surface area contributed by atoms with Crippen molar-refractivity contribution in [2.24, 2.45) is 5.92 Å². The van der Waals surface area contributed by atoms with Crippen molar-refractivity contribution in [3.8, 4) is 0 Å². The van der Waals surface area contributed by atoms with E-state index in [2.05, 4.69) is 15.3 Å². The minimum atomic E-state index is -0.923. The lowest BCUT2D eigenvalue weighted by molar-refractivity contribution is -0.137. The number of hydrogen-bond acceptors (Lipinski definition) is 3. The van der Waals surface area contributed by atoms with Gasteiger partial charge in [-0.2, -0.15) is 0 Å². The normalized spacial score (nSPS) is 12.6. The summed E-state index contributed by atoms with van der Waals surface area (Å²) in [6.45, 7) is 3.76. The third kappa shape index (κ3) is 3.14. The molecule has 2 aromatic rings. The molecule has 0 aliphatic heterocycles. The number of benzene rings is 1. The Morgan fingerprint density at radius 1 is 1.40 bits per heavy atom. The van der Waals surface area contributed by atoms with E-state index in [-0.39, 0.29) is 18.2 Å². The van der Waals surface area contributed by atoms with E-state index in [0.717, 1.165) is 11.0 Å². The summed E-state index contributed by atoms with van der Waals surface area (Å²) >= 11 is 0. The maximum Gasteiger partial charge on any atom is 0.305 e. The Morgan fingerprint density at radius 2 is 2.15 bits per heavy atom. The van der Waals surface area contributed by atoms with Gasteiger partial charge >= 0.3 is 5.97 Å². The van der Waals surface area contributed by atoms with Crippen LogP contribution in [0.2, 0.25) is 0 Å². The monoisotopic (exact) mass is 275 g/mol. The fraction of sp³-hybridized carbons (Fsp3) is 0.357. The Labute approximate surface area is 116 Å². The quantitative estimate of drug-likeness (QED) is 0.775. The topological polar surface area (TPSA) is 95.1 Å². The maximum absolute atomic E-state index is 12.2. The van der Waals surface area contributed by atoms with Gasteiger partial charge in [0.05, 0.1) is 23.8 Å². The summed E-state index contributed by atoms with van der Waals surface area (Å²) in [6, 6.07) is 4.74. The highest BCUT2D eigenvalue weighted by Crippen LogP contribution is 2.13. The van der Waals surface area contributed by atoms with Crippen LogP contribution >= 0.6 is 0 Å². The maximum atomic E-state index is 12.2. The van der Waals surface area contributed by atoms with Crippen LogP contribution in [0.1, 0.15) is 30.6 Å². The van der Waals surface area contributed by atoms with Crippen molar-refractivity contribution >= 4 is 22.9 Å². The largest absolute Gasteiger partial charge is 0.481 e. The fourth-order valence-corrected chi connectivity index (χ4v) is 1.97. The molecule has 0 aliphatic rings. The number of imidazole rings is 1. The zero-order valence-corrected chi connectivity index (χ0v) is 11.4. The van der Waals surface area contributed by atoms with Crippen molar-refractivity contribution in [3.05, 3.63) is 30.1 Å². The number of aliphatic carboxylic acids is 1. The van der Waals surface area contributed by atoms with Crippen LogP contribution in [0.25, 0.3) is 11.0 Å². The Hall–Kier alpha value is -2.37. The second-order valence-electron chi connectivity index (χ2n) is 5.06. The van der Waals surface area contributed by atoms with Crippen LogP contribution in [0.3, 0.4) is 0 Å². The minimum absolute atomic E-state index is 0.0472. The number of carboxylic acids is 1. The van der Waals surface area contributed by atoms with Gasteiger partial charge in [0.15, 0.2) is 0 Å². The molecule has 1 aromatic carbocycles. The average Bonchev–Trinajstić information content (AvgIpc) is 2.84. The predicted octanol–water partition coefficient (Wildman–Crippen LogP) is 1.79. The average molecular weight is 275 g/mol. The Bertz CT molecular complexity index is 633. The van der Waals surface area contributed by atoms with E-state index in [1.165, 1.54) is 0 Å². The summed E-state index contributed by atoms with van der Waals surface area (Å²) in [5.41, 5.74) is 2.04. The molecule has 106 valence electrons. The number of nitrogens with zero attached hydrogens (tertiary/aromatic N) is 1. The summed E-state index contributed by atoms with van der Waals surface area (Å²) in [5.74, 6) is -1.15. The number of H-pyrrole nitrogens is 1. The summed E-state index contributed by atoms with van der Waals surface area (Å²) < 4.78 is 0. The number of amides is 1. The molecular weight excluding hydrogens is 258 g/mol. The van der Waals surface area contributed by atoms with E-state index in [0.29, 0.717) is 5.56 Å². The molecule has 1 heterocycles. The van der Waals surface area contributed by atoms with Crippen LogP contribution < -0.4 is 5.32 Å². The van der Waals surface area contributed by atoms with E-state index >= 15 is 0 Å². The lowest BCUT2D eigenvalue weighted by Gasteiger charge is -2.20. The molecule has 1 atom stereocenters. The summed E-state index contributed by atoms with van der Waals surface area (Å²) in [4.78, 5) is 30.0. The van der Waals surface area contributed by atoms with Crippen LogP contribution in [0.5, 0.6) is 0 Å². The smallest absolute Gasteiger partial charge is 0.305 e. The van der Waals surface area contributed by atoms with Crippen LogP contribution in [-0.2, 0) is 4.79 Å². The number of aromatic nitrogens is 2. The van der Waals surface area contributed by atoms with E-state index in [1.807, 2.05) is 13.8 Å². The lowest BCUT2D eigenvalue weighted by Crippen LogP contribution is -2.40. The van der Waals surface area contributed by atoms with Gasteiger partial charge in [-0.25, -0.2) is 4.98 Å². The van der Waals surface area contributed by atoms with E-state index in [1.54, 1.807) is 24.5 Å². The first kappa shape index (κ1) is 14.0. The van der Waals surface area contributed by atoms with Crippen molar-refractivity contribution in [1.29, 1.82) is 0 Å². The summed E-state index contributed by atoms with van der Waals surface area (Å²) in [5, 5.41) is 11.6. The molecule has 0 saturated heterocycles. The number of aromatic amines is 1. The molecule has 6 nitrogen and oxygen atoms in total. The third-order valence-electron chi connectivity index (χ3n) is 3.20. The molecule has 6 heteroatoms. The Morgan fingerprint density at radius 3 is 2.80 bits per heavy atom. The Balaban J connectivity index is 2.14. The molecular formula is C14H17N3O3. The molecule has 0 radical (unpaired) electrons. The van der Waals surface area contributed by atoms with E-state index in [4.69, 9.17) is 5.11 Å². The van der Waals surface area contributed by atoms with Gasteiger partial charge < -0.3 is 15.4 Å². The Kier molecular flexibility index (Phi) is 4.02. The fourth-order valence-electron chi connectivity index (χ4n) is 1.97. The number of carbonyl (C=O) groups excluding carboxylic acids is 1. The molecule has 1 amide bonds. The number of nitrogens with one attached hydrogen (secondary N) is 2. The highest BCUT2D eigenvalue weighted by atomic mass is 16.4. The zero-order chi connectivity index (χ0) is 14.7. The molecule has 1 aromatic heterocycles. The number of fused-ring (bicyclic) bond motifs is 1. The summed E-state index contributed by atoms with van der Waals surface area (Å²) in [6.07, 6.45) is 1.48. The van der Waals surface area contributed by atoms with Gasteiger partial charge in [-0.15, -0.1) is 0 Å².